The van der Waals surface area contributed by atoms with E-state index in [1.54, 1.807) is 0 Å². The first-order valence-corrected chi connectivity index (χ1v) is 2.78. The molecule has 52 valence electrons. The molecule has 0 fully saturated rings. The van der Waals surface area contributed by atoms with Gasteiger partial charge in [0.1, 0.15) is 0 Å². The van der Waals surface area contributed by atoms with Gasteiger partial charge in [0.25, 0.3) is 0 Å². The van der Waals surface area contributed by atoms with Crippen molar-refractivity contribution in [2.24, 2.45) is 0 Å². The zero-order valence-electron chi connectivity index (χ0n) is 4.53. The second kappa shape index (κ2) is 8.57. The Bertz CT molecular complexity index is 74.4. The Balaban J connectivity index is -0.0000000800. The van der Waals surface area contributed by atoms with Gasteiger partial charge in [-0.2, -0.15) is 0 Å². The first-order valence-electron chi connectivity index (χ1n) is 1.22. The van der Waals surface area contributed by atoms with Crippen LogP contribution in [-0.2, 0) is 4.57 Å². The minimum Gasteiger partial charge on any atom is -0.425 e. The van der Waals surface area contributed by atoms with E-state index in [0.29, 0.717) is 0 Å². The van der Waals surface area contributed by atoms with Crippen LogP contribution in [0.3, 0.4) is 0 Å². The Hall–Kier alpha value is 0.567. The van der Waals surface area contributed by atoms with Crippen LogP contribution in [0.2, 0.25) is 0 Å². The first kappa shape index (κ1) is 16.3. The van der Waals surface area contributed by atoms with E-state index in [2.05, 4.69) is 0 Å². The van der Waals surface area contributed by atoms with E-state index < -0.39 is 14.8 Å². The third kappa shape index (κ3) is 1150. The van der Waals surface area contributed by atoms with Crippen molar-refractivity contribution in [3.63, 3.8) is 0 Å². The molecule has 0 rings (SSSR count). The zero-order chi connectivity index (χ0) is 7.21. The van der Waals surface area contributed by atoms with Gasteiger partial charge in [-0.25, -0.2) is 4.57 Å². The fraction of sp³-hybridized carbons (Fsp3) is 0. The Morgan fingerprint density at radius 2 is 1.22 bits per heavy atom. The summed E-state index contributed by atoms with van der Waals surface area (Å²) in [5.41, 5.74) is 0. The van der Waals surface area contributed by atoms with Crippen molar-refractivity contribution in [1.82, 2.24) is 0 Å². The molecule has 0 aromatic heterocycles. The van der Waals surface area contributed by atoms with Gasteiger partial charge in [0.2, 0.25) is 0 Å². The van der Waals surface area contributed by atoms with E-state index in [4.69, 9.17) is 19.2 Å². The standard InChI is InChI=1S/CHF2.Li.H3O4P/c2-1-3;;1-5(2,3)4/h1H;;(H3,1,2,3,4)/q-1;+1;. The summed E-state index contributed by atoms with van der Waals surface area (Å²) >= 11 is 0. The second-order valence-electron chi connectivity index (χ2n) is 0.596. The van der Waals surface area contributed by atoms with Gasteiger partial charge < -0.3 is 23.5 Å². The SMILES string of the molecule is F[CH-]F.O=P(O)(O)O.[Li+]. The number of hydrogen-bond donors (Lipinski definition) is 3. The predicted molar refractivity (Wildman–Crippen MR) is 20.8 cm³/mol. The van der Waals surface area contributed by atoms with Crippen molar-refractivity contribution in [2.45, 2.75) is 0 Å². The quantitative estimate of drug-likeness (QED) is 0.200. The molecule has 0 aromatic rings. The molecule has 8 heteroatoms. The summed E-state index contributed by atoms with van der Waals surface area (Å²) < 4.78 is 27.9. The number of halogens is 2. The predicted octanol–water partition coefficient (Wildman–Crippen LogP) is -2.88. The molecular formula is CH4F2LiO4P. The summed E-state index contributed by atoms with van der Waals surface area (Å²) in [5.74, 6) is 0. The molecule has 4 nitrogen and oxygen atoms in total. The normalized spacial score (nSPS) is 8.56. The summed E-state index contributed by atoms with van der Waals surface area (Å²) in [6, 6.07) is 0. The van der Waals surface area contributed by atoms with Crippen molar-refractivity contribution < 1.29 is 46.9 Å². The van der Waals surface area contributed by atoms with Gasteiger partial charge in [0, 0.05) is 0 Å². The molecule has 0 bridgehead atoms. The summed E-state index contributed by atoms with van der Waals surface area (Å²) in [7, 11) is -4.64. The molecule has 0 atom stereocenters. The van der Waals surface area contributed by atoms with Crippen LogP contribution in [0, 0.1) is 6.93 Å². The maximum absolute atomic E-state index is 9.50. The van der Waals surface area contributed by atoms with Crippen molar-refractivity contribution in [2.75, 3.05) is 0 Å². The molecule has 0 aliphatic rings. The molecule has 0 amide bonds. The summed E-state index contributed by atoms with van der Waals surface area (Å²) in [4.78, 5) is 21.6. The van der Waals surface area contributed by atoms with Gasteiger partial charge in [-0.05, 0) is 6.93 Å². The van der Waals surface area contributed by atoms with Crippen LogP contribution in [0.25, 0.3) is 0 Å². The molecule has 0 aromatic carbocycles. The van der Waals surface area contributed by atoms with E-state index in [1.807, 2.05) is 0 Å². The van der Waals surface area contributed by atoms with Crippen molar-refractivity contribution in [3.05, 3.63) is 6.93 Å². The first-order chi connectivity index (χ1) is 3.41. The van der Waals surface area contributed by atoms with Gasteiger partial charge in [-0.15, -0.1) is 0 Å². The molecule has 0 saturated heterocycles. The van der Waals surface area contributed by atoms with E-state index in [9.17, 15) is 8.78 Å². The number of rotatable bonds is 0. The fourth-order valence-electron chi connectivity index (χ4n) is 0. The maximum atomic E-state index is 9.50. The Labute approximate surface area is 62.3 Å². The summed E-state index contributed by atoms with van der Waals surface area (Å²) in [5, 5.41) is 0. The third-order valence-corrected chi connectivity index (χ3v) is 0. The summed E-state index contributed by atoms with van der Waals surface area (Å²) in [6.45, 7) is -1.00. The molecule has 0 spiro atoms. The van der Waals surface area contributed by atoms with Crippen molar-refractivity contribution >= 4 is 7.82 Å². The molecule has 9 heavy (non-hydrogen) atoms. The van der Waals surface area contributed by atoms with Crippen LogP contribution < -0.4 is 18.9 Å². The maximum Gasteiger partial charge on any atom is 1.00 e. The van der Waals surface area contributed by atoms with Crippen molar-refractivity contribution in [1.29, 1.82) is 0 Å². The van der Waals surface area contributed by atoms with Gasteiger partial charge >= 0.3 is 26.7 Å². The van der Waals surface area contributed by atoms with Gasteiger partial charge in [-0.1, -0.05) is 0 Å². The van der Waals surface area contributed by atoms with E-state index in [0.717, 1.165) is 0 Å². The van der Waals surface area contributed by atoms with E-state index in [-0.39, 0.29) is 18.9 Å². The molecule has 0 unspecified atom stereocenters. The topological polar surface area (TPSA) is 77.8 Å². The molecule has 0 radical (unpaired) electrons. The fourth-order valence-corrected chi connectivity index (χ4v) is 0. The van der Waals surface area contributed by atoms with E-state index >= 15 is 0 Å². The largest absolute Gasteiger partial charge is 1.00 e. The molecular weight excluding hydrogens is 152 g/mol. The minimum absolute atomic E-state index is 0. The Morgan fingerprint density at radius 3 is 1.22 bits per heavy atom. The molecule has 0 heterocycles. The van der Waals surface area contributed by atoms with Gasteiger partial charge in [0.15, 0.2) is 0 Å². The molecule has 0 aliphatic carbocycles. The molecule has 3 N–H and O–H groups in total. The average Bonchev–Trinajstić information content (AvgIpc) is 1.27. The van der Waals surface area contributed by atoms with Crippen LogP contribution >= 0.6 is 7.82 Å². The second-order valence-corrected chi connectivity index (χ2v) is 1.62. The monoisotopic (exact) mass is 156 g/mol. The molecule has 0 aliphatic heterocycles. The Kier molecular flexibility index (Phi) is 15.5. The van der Waals surface area contributed by atoms with Crippen LogP contribution in [-0.4, -0.2) is 14.7 Å². The minimum atomic E-state index is -4.64. The van der Waals surface area contributed by atoms with Crippen LogP contribution in [0.15, 0.2) is 0 Å². The third-order valence-electron chi connectivity index (χ3n) is 0. The van der Waals surface area contributed by atoms with Crippen LogP contribution in [0.4, 0.5) is 8.78 Å². The molecule has 0 saturated carbocycles. The van der Waals surface area contributed by atoms with Crippen molar-refractivity contribution in [3.8, 4) is 0 Å². The smallest absolute Gasteiger partial charge is 0.425 e. The van der Waals surface area contributed by atoms with Crippen LogP contribution in [0.5, 0.6) is 0 Å². The number of hydrogen-bond acceptors (Lipinski definition) is 1. The Morgan fingerprint density at radius 1 is 1.22 bits per heavy atom. The zero-order valence-corrected chi connectivity index (χ0v) is 5.42. The average molecular weight is 156 g/mol. The van der Waals surface area contributed by atoms with Crippen LogP contribution in [0.1, 0.15) is 0 Å². The van der Waals surface area contributed by atoms with E-state index in [1.165, 1.54) is 0 Å². The summed E-state index contributed by atoms with van der Waals surface area (Å²) in [6.07, 6.45) is 0. The van der Waals surface area contributed by atoms with Gasteiger partial charge in [-0.3, -0.25) is 0 Å². The van der Waals surface area contributed by atoms with Gasteiger partial charge in [0.05, 0.1) is 0 Å². The number of phosphoric acid groups is 1.